The number of carbonyl (C=O) groups excluding carboxylic acids is 1. The largest absolute Gasteiger partial charge is 0.493 e. The summed E-state index contributed by atoms with van der Waals surface area (Å²) in [5.74, 6) is 2.07. The van der Waals surface area contributed by atoms with Gasteiger partial charge in [0.1, 0.15) is 17.6 Å². The third-order valence-electron chi connectivity index (χ3n) is 5.55. The first-order valence-electron chi connectivity index (χ1n) is 10.5. The molecule has 1 aliphatic carbocycles. The maximum Gasteiger partial charge on any atom is 0.303 e. The van der Waals surface area contributed by atoms with Gasteiger partial charge in [0.05, 0.1) is 12.3 Å². The summed E-state index contributed by atoms with van der Waals surface area (Å²) in [4.78, 5) is 15.9. The molecule has 0 saturated heterocycles. The van der Waals surface area contributed by atoms with Gasteiger partial charge in [-0.1, -0.05) is 25.1 Å². The van der Waals surface area contributed by atoms with E-state index >= 15 is 0 Å². The van der Waals surface area contributed by atoms with Gasteiger partial charge in [-0.2, -0.15) is 0 Å². The molecule has 5 nitrogen and oxygen atoms in total. The molecule has 0 radical (unpaired) electrons. The molecule has 0 aliphatic heterocycles. The normalized spacial score (nSPS) is 15.1. The molecule has 0 bridgehead atoms. The first-order valence-corrected chi connectivity index (χ1v) is 10.5. The summed E-state index contributed by atoms with van der Waals surface area (Å²) >= 11 is 0. The van der Waals surface area contributed by atoms with Crippen molar-refractivity contribution in [2.24, 2.45) is 0 Å². The van der Waals surface area contributed by atoms with Crippen molar-refractivity contribution in [3.05, 3.63) is 70.6 Å². The van der Waals surface area contributed by atoms with E-state index in [0.29, 0.717) is 18.9 Å². The van der Waals surface area contributed by atoms with Crippen molar-refractivity contribution in [2.45, 2.75) is 52.6 Å². The van der Waals surface area contributed by atoms with E-state index in [1.165, 1.54) is 18.1 Å². The highest BCUT2D eigenvalue weighted by Gasteiger charge is 2.25. The van der Waals surface area contributed by atoms with E-state index in [1.54, 1.807) is 0 Å². The molecule has 30 heavy (non-hydrogen) atoms. The summed E-state index contributed by atoms with van der Waals surface area (Å²) in [5, 5.41) is 0. The van der Waals surface area contributed by atoms with Crippen LogP contribution in [0.25, 0.3) is 11.5 Å². The number of aryl methyl sites for hydroxylation is 3. The number of rotatable bonds is 7. The minimum Gasteiger partial charge on any atom is -0.493 e. The van der Waals surface area contributed by atoms with Crippen LogP contribution in [0.1, 0.15) is 54.5 Å². The van der Waals surface area contributed by atoms with E-state index < -0.39 is 0 Å². The van der Waals surface area contributed by atoms with Gasteiger partial charge in [0.25, 0.3) is 0 Å². The zero-order valence-corrected chi connectivity index (χ0v) is 17.7. The van der Waals surface area contributed by atoms with Gasteiger partial charge in [0, 0.05) is 18.9 Å². The Morgan fingerprint density at radius 2 is 2.00 bits per heavy atom. The first-order chi connectivity index (χ1) is 14.5. The Bertz CT molecular complexity index is 1040. The Kier molecular flexibility index (Phi) is 5.88. The summed E-state index contributed by atoms with van der Waals surface area (Å²) < 4.78 is 17.2. The lowest BCUT2D eigenvalue weighted by Crippen LogP contribution is -2.05. The number of hydrogen-bond acceptors (Lipinski definition) is 5. The monoisotopic (exact) mass is 405 g/mol. The molecule has 1 aromatic heterocycles. The summed E-state index contributed by atoms with van der Waals surface area (Å²) in [5.41, 5.74) is 5.48. The first kappa shape index (κ1) is 20.2. The predicted molar refractivity (Wildman–Crippen MR) is 115 cm³/mol. The Labute approximate surface area is 177 Å². The van der Waals surface area contributed by atoms with Crippen LogP contribution >= 0.6 is 0 Å². The Morgan fingerprint density at radius 3 is 2.73 bits per heavy atom. The quantitative estimate of drug-likeness (QED) is 0.494. The standard InChI is InChI=1S/C25H27NO4/c1-4-18-5-7-19(8-6-18)25-26-23(16(2)29-25)13-14-28-21-10-11-22-20(15-21)9-12-24(22)30-17(3)27/h5-8,10-11,15,24H,4,9,12-14H2,1-3H3. The van der Waals surface area contributed by atoms with Gasteiger partial charge in [0.15, 0.2) is 0 Å². The fourth-order valence-electron chi connectivity index (χ4n) is 3.90. The van der Waals surface area contributed by atoms with Crippen LogP contribution in [0.15, 0.2) is 46.9 Å². The molecule has 0 amide bonds. The minimum absolute atomic E-state index is 0.130. The number of hydrogen-bond donors (Lipinski definition) is 0. The molecule has 3 aromatic rings. The molecule has 0 saturated carbocycles. The predicted octanol–water partition coefficient (Wildman–Crippen LogP) is 5.38. The van der Waals surface area contributed by atoms with E-state index in [2.05, 4.69) is 42.2 Å². The smallest absolute Gasteiger partial charge is 0.303 e. The lowest BCUT2D eigenvalue weighted by Gasteiger charge is -2.12. The summed E-state index contributed by atoms with van der Waals surface area (Å²) in [7, 11) is 0. The van der Waals surface area contributed by atoms with Gasteiger partial charge in [-0.25, -0.2) is 4.98 Å². The molecular weight excluding hydrogens is 378 g/mol. The third-order valence-corrected chi connectivity index (χ3v) is 5.55. The Morgan fingerprint density at radius 1 is 1.20 bits per heavy atom. The zero-order valence-electron chi connectivity index (χ0n) is 17.7. The molecule has 0 fully saturated rings. The average Bonchev–Trinajstić information content (AvgIpc) is 3.31. The molecule has 0 N–H and O–H groups in total. The zero-order chi connectivity index (χ0) is 21.1. The second-order valence-corrected chi connectivity index (χ2v) is 7.67. The molecular formula is C25H27NO4. The molecule has 156 valence electrons. The highest BCUT2D eigenvalue weighted by Crippen LogP contribution is 2.36. The number of carbonyl (C=O) groups is 1. The number of benzene rings is 2. The van der Waals surface area contributed by atoms with E-state index in [0.717, 1.165) is 47.6 Å². The summed E-state index contributed by atoms with van der Waals surface area (Å²) in [6.07, 6.45) is 3.29. The van der Waals surface area contributed by atoms with Crippen LogP contribution in [0.3, 0.4) is 0 Å². The van der Waals surface area contributed by atoms with Gasteiger partial charge in [0.2, 0.25) is 5.89 Å². The van der Waals surface area contributed by atoms with Crippen molar-refractivity contribution < 1.29 is 18.7 Å². The number of esters is 1. The SMILES string of the molecule is CCc1ccc(-c2nc(CCOc3ccc4c(c3)CCC4OC(C)=O)c(C)o2)cc1. The van der Waals surface area contributed by atoms with Crippen LogP contribution in [0, 0.1) is 6.92 Å². The Balaban J connectivity index is 1.37. The van der Waals surface area contributed by atoms with Crippen LogP contribution in [0.5, 0.6) is 5.75 Å². The number of nitrogens with zero attached hydrogens (tertiary/aromatic N) is 1. The van der Waals surface area contributed by atoms with Crippen LogP contribution in [0.4, 0.5) is 0 Å². The lowest BCUT2D eigenvalue weighted by atomic mass is 10.1. The van der Waals surface area contributed by atoms with Gasteiger partial charge in [-0.3, -0.25) is 4.79 Å². The van der Waals surface area contributed by atoms with Gasteiger partial charge in [-0.15, -0.1) is 0 Å². The van der Waals surface area contributed by atoms with Crippen molar-refractivity contribution in [1.82, 2.24) is 4.98 Å². The molecule has 1 aliphatic rings. The fourth-order valence-corrected chi connectivity index (χ4v) is 3.90. The molecule has 0 spiro atoms. The maximum absolute atomic E-state index is 11.2. The second-order valence-electron chi connectivity index (χ2n) is 7.67. The Hall–Kier alpha value is -3.08. The van der Waals surface area contributed by atoms with Crippen LogP contribution in [-0.2, 0) is 28.8 Å². The van der Waals surface area contributed by atoms with Crippen molar-refractivity contribution in [1.29, 1.82) is 0 Å². The molecule has 1 atom stereocenters. The van der Waals surface area contributed by atoms with Crippen molar-refractivity contribution in [3.8, 4) is 17.2 Å². The molecule has 1 heterocycles. The van der Waals surface area contributed by atoms with Gasteiger partial charge < -0.3 is 13.9 Å². The van der Waals surface area contributed by atoms with Crippen molar-refractivity contribution in [3.63, 3.8) is 0 Å². The third kappa shape index (κ3) is 4.40. The summed E-state index contributed by atoms with van der Waals surface area (Å²) in [6.45, 7) is 6.05. The highest BCUT2D eigenvalue weighted by molar-refractivity contribution is 5.66. The van der Waals surface area contributed by atoms with E-state index in [-0.39, 0.29) is 12.1 Å². The summed E-state index contributed by atoms with van der Waals surface area (Å²) in [6, 6.07) is 14.3. The molecule has 2 aromatic carbocycles. The van der Waals surface area contributed by atoms with Crippen molar-refractivity contribution in [2.75, 3.05) is 6.61 Å². The van der Waals surface area contributed by atoms with Crippen LogP contribution < -0.4 is 4.74 Å². The van der Waals surface area contributed by atoms with Gasteiger partial charge in [-0.05, 0) is 67.1 Å². The minimum atomic E-state index is -0.239. The van der Waals surface area contributed by atoms with Crippen LogP contribution in [0.2, 0.25) is 0 Å². The average molecular weight is 405 g/mol. The molecule has 1 unspecified atom stereocenters. The highest BCUT2D eigenvalue weighted by atomic mass is 16.5. The molecule has 4 rings (SSSR count). The van der Waals surface area contributed by atoms with Gasteiger partial charge >= 0.3 is 5.97 Å². The van der Waals surface area contributed by atoms with Crippen LogP contribution in [-0.4, -0.2) is 17.6 Å². The number of aromatic nitrogens is 1. The van der Waals surface area contributed by atoms with E-state index in [9.17, 15) is 4.79 Å². The number of ether oxygens (including phenoxy) is 2. The van der Waals surface area contributed by atoms with E-state index in [4.69, 9.17) is 13.9 Å². The molecule has 5 heteroatoms. The number of fused-ring (bicyclic) bond motifs is 1. The second kappa shape index (κ2) is 8.74. The lowest BCUT2D eigenvalue weighted by molar-refractivity contribution is -0.146. The van der Waals surface area contributed by atoms with E-state index in [1.807, 2.05) is 19.1 Å². The van der Waals surface area contributed by atoms with Crippen molar-refractivity contribution >= 4 is 5.97 Å². The fraction of sp³-hybridized carbons (Fsp3) is 0.360. The topological polar surface area (TPSA) is 61.6 Å². The number of oxazole rings is 1. The maximum atomic E-state index is 11.2.